The molecule has 0 atom stereocenters. The van der Waals surface area contributed by atoms with Gasteiger partial charge in [-0.25, -0.2) is 0 Å². The molecule has 3 aromatic carbocycles. The third-order valence-electron chi connectivity index (χ3n) is 3.54. The first-order chi connectivity index (χ1) is 10.2. The lowest BCUT2D eigenvalue weighted by molar-refractivity contribution is 1.20. The third-order valence-corrected chi connectivity index (χ3v) is 3.54. The monoisotopic (exact) mass is 274 g/mol. The molecule has 0 saturated heterocycles. The summed E-state index contributed by atoms with van der Waals surface area (Å²) in [6, 6.07) is 24.6. The van der Waals surface area contributed by atoms with Crippen LogP contribution in [0.4, 0.5) is 11.4 Å². The van der Waals surface area contributed by atoms with Gasteiger partial charge in [-0.15, -0.1) is 0 Å². The van der Waals surface area contributed by atoms with Crippen LogP contribution in [-0.4, -0.2) is 0 Å². The van der Waals surface area contributed by atoms with Crippen molar-refractivity contribution in [2.45, 2.75) is 6.42 Å². The molecule has 0 aliphatic rings. The van der Waals surface area contributed by atoms with Gasteiger partial charge in [0, 0.05) is 11.4 Å². The van der Waals surface area contributed by atoms with Gasteiger partial charge in [-0.1, -0.05) is 54.6 Å². The second kappa shape index (κ2) is 5.71. The van der Waals surface area contributed by atoms with Crippen molar-refractivity contribution in [3.05, 3.63) is 83.9 Å². The Hall–Kier alpha value is -2.74. The van der Waals surface area contributed by atoms with Crippen LogP contribution in [0.3, 0.4) is 0 Å². The average molecular weight is 274 g/mol. The van der Waals surface area contributed by atoms with Gasteiger partial charge in [-0.3, -0.25) is 0 Å². The molecule has 0 heterocycles. The van der Waals surface area contributed by atoms with Crippen molar-refractivity contribution in [2.24, 2.45) is 0 Å². The summed E-state index contributed by atoms with van der Waals surface area (Å²) in [5.41, 5.74) is 18.0. The number of hydrogen-bond acceptors (Lipinski definition) is 2. The van der Waals surface area contributed by atoms with Crippen LogP contribution in [0.25, 0.3) is 11.1 Å². The van der Waals surface area contributed by atoms with Crippen LogP contribution in [0, 0.1) is 0 Å². The number of anilines is 2. The molecule has 21 heavy (non-hydrogen) atoms. The number of benzene rings is 3. The molecule has 3 rings (SSSR count). The van der Waals surface area contributed by atoms with Gasteiger partial charge in [0.15, 0.2) is 0 Å². The summed E-state index contributed by atoms with van der Waals surface area (Å²) in [6.07, 6.45) is 0.895. The van der Waals surface area contributed by atoms with Crippen molar-refractivity contribution in [1.82, 2.24) is 0 Å². The van der Waals surface area contributed by atoms with Crippen LogP contribution in [0.15, 0.2) is 72.8 Å². The van der Waals surface area contributed by atoms with Gasteiger partial charge >= 0.3 is 0 Å². The minimum Gasteiger partial charge on any atom is -0.399 e. The molecule has 4 N–H and O–H groups in total. The molecular weight excluding hydrogens is 256 g/mol. The molecular formula is C19H18N2. The molecule has 0 fully saturated rings. The first-order valence-electron chi connectivity index (χ1n) is 7.00. The van der Waals surface area contributed by atoms with E-state index in [1.165, 1.54) is 16.7 Å². The van der Waals surface area contributed by atoms with Crippen molar-refractivity contribution >= 4 is 11.4 Å². The smallest absolute Gasteiger partial charge is 0.0340 e. The van der Waals surface area contributed by atoms with Crippen molar-refractivity contribution < 1.29 is 0 Å². The zero-order valence-electron chi connectivity index (χ0n) is 11.8. The lowest BCUT2D eigenvalue weighted by Crippen LogP contribution is -1.95. The van der Waals surface area contributed by atoms with Gasteiger partial charge in [0.05, 0.1) is 0 Å². The van der Waals surface area contributed by atoms with E-state index in [1.54, 1.807) is 6.07 Å². The quantitative estimate of drug-likeness (QED) is 0.706. The van der Waals surface area contributed by atoms with Crippen LogP contribution in [-0.2, 0) is 6.42 Å². The van der Waals surface area contributed by atoms with Gasteiger partial charge in [0.2, 0.25) is 0 Å². The van der Waals surface area contributed by atoms with E-state index in [2.05, 4.69) is 42.5 Å². The average Bonchev–Trinajstić information content (AvgIpc) is 2.48. The summed E-state index contributed by atoms with van der Waals surface area (Å²) in [6.45, 7) is 0. The molecule has 3 aromatic rings. The topological polar surface area (TPSA) is 52.0 Å². The molecule has 0 spiro atoms. The fourth-order valence-corrected chi connectivity index (χ4v) is 2.60. The zero-order chi connectivity index (χ0) is 14.7. The molecule has 2 heteroatoms. The lowest BCUT2D eigenvalue weighted by Gasteiger charge is -2.11. The number of nitrogen functional groups attached to an aromatic ring is 2. The third kappa shape index (κ3) is 3.06. The van der Waals surface area contributed by atoms with Crippen LogP contribution in [0.1, 0.15) is 11.1 Å². The Morgan fingerprint density at radius 2 is 1.29 bits per heavy atom. The normalized spacial score (nSPS) is 10.5. The first-order valence-corrected chi connectivity index (χ1v) is 7.00. The van der Waals surface area contributed by atoms with Crippen molar-refractivity contribution in [3.8, 4) is 11.1 Å². The van der Waals surface area contributed by atoms with E-state index in [0.29, 0.717) is 11.4 Å². The predicted molar refractivity (Wildman–Crippen MR) is 90.0 cm³/mol. The summed E-state index contributed by atoms with van der Waals surface area (Å²) in [5, 5.41) is 0. The van der Waals surface area contributed by atoms with Gasteiger partial charge < -0.3 is 11.5 Å². The second-order valence-electron chi connectivity index (χ2n) is 5.21. The Balaban J connectivity index is 2.03. The number of hydrogen-bond donors (Lipinski definition) is 2. The lowest BCUT2D eigenvalue weighted by atomic mass is 9.94. The van der Waals surface area contributed by atoms with E-state index >= 15 is 0 Å². The first kappa shape index (κ1) is 13.3. The summed E-state index contributed by atoms with van der Waals surface area (Å²) < 4.78 is 0. The molecule has 104 valence electrons. The highest BCUT2D eigenvalue weighted by molar-refractivity contribution is 5.74. The molecule has 0 bridgehead atoms. The number of rotatable bonds is 3. The van der Waals surface area contributed by atoms with Crippen LogP contribution >= 0.6 is 0 Å². The molecule has 0 radical (unpaired) electrons. The van der Waals surface area contributed by atoms with E-state index in [4.69, 9.17) is 11.5 Å². The minimum absolute atomic E-state index is 0.694. The van der Waals surface area contributed by atoms with Crippen LogP contribution in [0.5, 0.6) is 0 Å². The van der Waals surface area contributed by atoms with Gasteiger partial charge in [0.25, 0.3) is 0 Å². The van der Waals surface area contributed by atoms with Crippen molar-refractivity contribution in [2.75, 3.05) is 11.5 Å². The standard InChI is InChI=1S/C19H18N2/c20-17-11-16(12-18(21)13-17)19-9-5-4-8-15(19)10-14-6-2-1-3-7-14/h1-9,11-13H,10,20-21H2. The van der Waals surface area contributed by atoms with Crippen LogP contribution in [0.2, 0.25) is 0 Å². The second-order valence-corrected chi connectivity index (χ2v) is 5.21. The zero-order valence-corrected chi connectivity index (χ0v) is 11.8. The molecule has 0 unspecified atom stereocenters. The Labute approximate surface area is 125 Å². The fourth-order valence-electron chi connectivity index (χ4n) is 2.60. The molecule has 0 aromatic heterocycles. The molecule has 0 saturated carbocycles. The Bertz CT molecular complexity index is 728. The maximum absolute atomic E-state index is 5.92. The SMILES string of the molecule is Nc1cc(N)cc(-c2ccccc2Cc2ccccc2)c1. The summed E-state index contributed by atoms with van der Waals surface area (Å²) in [5.74, 6) is 0. The van der Waals surface area contributed by atoms with E-state index in [-0.39, 0.29) is 0 Å². The van der Waals surface area contributed by atoms with Gasteiger partial charge in [-0.05, 0) is 46.9 Å². The minimum atomic E-state index is 0.694. The molecule has 0 amide bonds. The fraction of sp³-hybridized carbons (Fsp3) is 0.0526. The van der Waals surface area contributed by atoms with E-state index in [9.17, 15) is 0 Å². The summed E-state index contributed by atoms with van der Waals surface area (Å²) >= 11 is 0. The highest BCUT2D eigenvalue weighted by Gasteiger charge is 2.07. The maximum atomic E-state index is 5.92. The van der Waals surface area contributed by atoms with Crippen molar-refractivity contribution in [1.29, 1.82) is 0 Å². The molecule has 0 aliphatic heterocycles. The highest BCUT2D eigenvalue weighted by atomic mass is 14.6. The number of nitrogens with two attached hydrogens (primary N) is 2. The Morgan fingerprint density at radius 1 is 0.667 bits per heavy atom. The van der Waals surface area contributed by atoms with E-state index in [0.717, 1.165) is 12.0 Å². The molecule has 0 aliphatic carbocycles. The predicted octanol–water partition coefficient (Wildman–Crippen LogP) is 4.11. The van der Waals surface area contributed by atoms with Crippen LogP contribution < -0.4 is 11.5 Å². The van der Waals surface area contributed by atoms with Gasteiger partial charge in [-0.2, -0.15) is 0 Å². The summed E-state index contributed by atoms with van der Waals surface area (Å²) in [7, 11) is 0. The Morgan fingerprint density at radius 3 is 2.00 bits per heavy atom. The van der Waals surface area contributed by atoms with E-state index in [1.807, 2.05) is 24.3 Å². The summed E-state index contributed by atoms with van der Waals surface area (Å²) in [4.78, 5) is 0. The maximum Gasteiger partial charge on any atom is 0.0340 e. The van der Waals surface area contributed by atoms with E-state index < -0.39 is 0 Å². The van der Waals surface area contributed by atoms with Crippen molar-refractivity contribution in [3.63, 3.8) is 0 Å². The largest absolute Gasteiger partial charge is 0.399 e. The Kier molecular flexibility index (Phi) is 3.61. The highest BCUT2D eigenvalue weighted by Crippen LogP contribution is 2.29. The van der Waals surface area contributed by atoms with Gasteiger partial charge in [0.1, 0.15) is 0 Å². The molecule has 2 nitrogen and oxygen atoms in total.